The summed E-state index contributed by atoms with van der Waals surface area (Å²) in [5, 5.41) is 3.46. The minimum atomic E-state index is -4.84. The molecule has 0 radical (unpaired) electrons. The van der Waals surface area contributed by atoms with Crippen molar-refractivity contribution in [2.24, 2.45) is 0 Å². The van der Waals surface area contributed by atoms with Gasteiger partial charge in [0.15, 0.2) is 0 Å². The van der Waals surface area contributed by atoms with Crippen LogP contribution in [-0.2, 0) is 33.8 Å². The van der Waals surface area contributed by atoms with Crippen molar-refractivity contribution in [1.29, 1.82) is 0 Å². The molecule has 0 aromatic rings. The van der Waals surface area contributed by atoms with E-state index in [2.05, 4.69) is 19.8 Å². The van der Waals surface area contributed by atoms with Crippen LogP contribution in [0.5, 0.6) is 0 Å². The van der Waals surface area contributed by atoms with E-state index in [1.165, 1.54) is 7.11 Å². The molecule has 3 aliphatic heterocycles. The number of ether oxygens (including phenoxy) is 1. The standard InChI is InChI=1S/C13H20N4O9S/c1-24-12(19)9-4-8(5-14-9)25-15-11(18)10-3-2-7-6-16(10)13(20)17(7)26-27(21,22)23/h7-10,14H,2-6H2,1H3,(H,15,18)(H,21,22,23)/t7?,8?,9?,10-/m0/s1. The Balaban J connectivity index is 1.53. The highest BCUT2D eigenvalue weighted by Crippen LogP contribution is 2.30. The van der Waals surface area contributed by atoms with Crippen LogP contribution in [-0.4, -0.2) is 85.3 Å². The predicted octanol–water partition coefficient (Wildman–Crippen LogP) is -2.06. The molecule has 2 bridgehead atoms. The lowest BCUT2D eigenvalue weighted by molar-refractivity contribution is -0.144. The van der Waals surface area contributed by atoms with Crippen molar-refractivity contribution in [3.63, 3.8) is 0 Å². The van der Waals surface area contributed by atoms with Gasteiger partial charge in [0.05, 0.1) is 19.3 Å². The zero-order valence-electron chi connectivity index (χ0n) is 14.4. The van der Waals surface area contributed by atoms with Gasteiger partial charge >= 0.3 is 22.4 Å². The van der Waals surface area contributed by atoms with Crippen molar-refractivity contribution >= 4 is 28.3 Å². The fourth-order valence-corrected chi connectivity index (χ4v) is 3.82. The van der Waals surface area contributed by atoms with Crippen molar-refractivity contribution in [3.05, 3.63) is 0 Å². The number of nitrogens with one attached hydrogen (secondary N) is 2. The quantitative estimate of drug-likeness (QED) is 0.253. The molecule has 3 rings (SSSR count). The highest BCUT2D eigenvalue weighted by Gasteiger charge is 2.49. The Morgan fingerprint density at radius 3 is 2.74 bits per heavy atom. The molecule has 3 heterocycles. The lowest BCUT2D eigenvalue weighted by Gasteiger charge is -2.29. The Bertz CT molecular complexity index is 729. The number of hydrogen-bond acceptors (Lipinski definition) is 9. The zero-order valence-corrected chi connectivity index (χ0v) is 15.2. The molecule has 13 nitrogen and oxygen atoms in total. The summed E-state index contributed by atoms with van der Waals surface area (Å²) in [5.74, 6) is -0.996. The van der Waals surface area contributed by atoms with Crippen molar-refractivity contribution < 1.29 is 41.2 Å². The smallest absolute Gasteiger partial charge is 0.418 e. The molecule has 0 aromatic heterocycles. The van der Waals surface area contributed by atoms with Crippen molar-refractivity contribution in [2.45, 2.75) is 43.5 Å². The Morgan fingerprint density at radius 1 is 1.33 bits per heavy atom. The number of fused-ring (bicyclic) bond motifs is 2. The second kappa shape index (κ2) is 7.55. The molecule has 3 N–H and O–H groups in total. The summed E-state index contributed by atoms with van der Waals surface area (Å²) in [5.41, 5.74) is 2.29. The molecule has 0 spiro atoms. The van der Waals surface area contributed by atoms with Crippen LogP contribution in [0.15, 0.2) is 0 Å². The SMILES string of the molecule is COC(=O)C1CC(ONC(=O)[C@@H]2CCC3CN2C(=O)N3OS(=O)(=O)O)CN1. The third kappa shape index (κ3) is 4.30. The van der Waals surface area contributed by atoms with Crippen LogP contribution in [0, 0.1) is 0 Å². The molecular formula is C13H20N4O9S. The van der Waals surface area contributed by atoms with E-state index in [9.17, 15) is 22.8 Å². The van der Waals surface area contributed by atoms with Gasteiger partial charge < -0.3 is 15.0 Å². The van der Waals surface area contributed by atoms with Crippen molar-refractivity contribution in [1.82, 2.24) is 20.8 Å². The first-order valence-electron chi connectivity index (χ1n) is 8.23. The number of piperidine rings is 1. The molecule has 0 aromatic carbocycles. The average molecular weight is 408 g/mol. The summed E-state index contributed by atoms with van der Waals surface area (Å²) in [6.07, 6.45) is 0.455. The number of esters is 1. The molecule has 3 saturated heterocycles. The number of hydroxylamine groups is 3. The van der Waals surface area contributed by atoms with Crippen LogP contribution in [0.25, 0.3) is 0 Å². The monoisotopic (exact) mass is 408 g/mol. The third-order valence-electron chi connectivity index (χ3n) is 4.70. The lowest BCUT2D eigenvalue weighted by atomic mass is 10.0. The minimum absolute atomic E-state index is 0.0852. The Kier molecular flexibility index (Phi) is 5.53. The second-order valence-electron chi connectivity index (χ2n) is 6.44. The van der Waals surface area contributed by atoms with Gasteiger partial charge in [0.25, 0.3) is 5.91 Å². The summed E-state index contributed by atoms with van der Waals surface area (Å²) >= 11 is 0. The molecule has 152 valence electrons. The number of hydrogen-bond donors (Lipinski definition) is 3. The van der Waals surface area contributed by atoms with Gasteiger partial charge in [-0.25, -0.2) is 10.3 Å². The fraction of sp³-hybridized carbons (Fsp3) is 0.769. The molecule has 3 fully saturated rings. The zero-order chi connectivity index (χ0) is 19.8. The van der Waals surface area contributed by atoms with E-state index >= 15 is 0 Å². The van der Waals surface area contributed by atoms with E-state index in [4.69, 9.17) is 9.39 Å². The minimum Gasteiger partial charge on any atom is -0.468 e. The van der Waals surface area contributed by atoms with Gasteiger partial charge in [0.2, 0.25) is 0 Å². The summed E-state index contributed by atoms with van der Waals surface area (Å²) in [6.45, 7) is 0.424. The highest BCUT2D eigenvalue weighted by molar-refractivity contribution is 7.80. The van der Waals surface area contributed by atoms with Gasteiger partial charge in [-0.1, -0.05) is 0 Å². The van der Waals surface area contributed by atoms with E-state index in [1.54, 1.807) is 0 Å². The Morgan fingerprint density at radius 2 is 2.07 bits per heavy atom. The maximum Gasteiger partial charge on any atom is 0.418 e. The fourth-order valence-electron chi connectivity index (χ4n) is 3.43. The number of methoxy groups -OCH3 is 1. The predicted molar refractivity (Wildman–Crippen MR) is 84.8 cm³/mol. The first kappa shape index (κ1) is 19.8. The van der Waals surface area contributed by atoms with Gasteiger partial charge in [0.1, 0.15) is 12.1 Å². The molecule has 0 aliphatic carbocycles. The molecule has 27 heavy (non-hydrogen) atoms. The van der Waals surface area contributed by atoms with Crippen LogP contribution in [0.3, 0.4) is 0 Å². The van der Waals surface area contributed by atoms with Gasteiger partial charge in [-0.15, -0.1) is 4.28 Å². The van der Waals surface area contributed by atoms with Crippen molar-refractivity contribution in [3.8, 4) is 0 Å². The molecule has 0 saturated carbocycles. The molecule has 3 unspecified atom stereocenters. The molecule has 3 aliphatic rings. The molecular weight excluding hydrogens is 388 g/mol. The van der Waals surface area contributed by atoms with Crippen LogP contribution in [0.2, 0.25) is 0 Å². The number of amides is 3. The van der Waals surface area contributed by atoms with Crippen molar-refractivity contribution in [2.75, 3.05) is 20.2 Å². The maximum absolute atomic E-state index is 12.4. The summed E-state index contributed by atoms with van der Waals surface area (Å²) < 4.78 is 39.4. The second-order valence-corrected chi connectivity index (χ2v) is 7.44. The Labute approximate surface area is 154 Å². The van der Waals surface area contributed by atoms with E-state index in [0.717, 1.165) is 4.90 Å². The van der Waals surface area contributed by atoms with Gasteiger partial charge in [-0.2, -0.15) is 13.5 Å². The summed E-state index contributed by atoms with van der Waals surface area (Å²) in [4.78, 5) is 42.5. The van der Waals surface area contributed by atoms with Crippen LogP contribution in [0.4, 0.5) is 4.79 Å². The average Bonchev–Trinajstić information content (AvgIpc) is 3.18. The summed E-state index contributed by atoms with van der Waals surface area (Å²) in [6, 6.07) is -2.79. The Hall–Kier alpha value is -2.00. The van der Waals surface area contributed by atoms with E-state index in [1.807, 2.05) is 0 Å². The maximum atomic E-state index is 12.4. The van der Waals surface area contributed by atoms with Gasteiger partial charge in [-0.05, 0) is 12.8 Å². The highest BCUT2D eigenvalue weighted by atomic mass is 32.3. The summed E-state index contributed by atoms with van der Waals surface area (Å²) in [7, 11) is -3.57. The number of carbonyl (C=O) groups is 3. The normalized spacial score (nSPS) is 30.5. The number of carbonyl (C=O) groups excluding carboxylic acids is 3. The number of nitrogens with zero attached hydrogens (tertiary/aromatic N) is 2. The molecule has 14 heteroatoms. The topological polar surface area (TPSA) is 164 Å². The first-order valence-corrected chi connectivity index (χ1v) is 9.59. The van der Waals surface area contributed by atoms with Crippen LogP contribution < -0.4 is 10.8 Å². The number of rotatable bonds is 6. The largest absolute Gasteiger partial charge is 0.468 e. The van der Waals surface area contributed by atoms with Gasteiger partial charge in [-0.3, -0.25) is 19.0 Å². The lowest BCUT2D eigenvalue weighted by Crippen LogP contribution is -2.50. The van der Waals surface area contributed by atoms with Gasteiger partial charge in [0, 0.05) is 19.5 Å². The van der Waals surface area contributed by atoms with Crippen LogP contribution in [0.1, 0.15) is 19.3 Å². The van der Waals surface area contributed by atoms with E-state index < -0.39 is 52.5 Å². The van der Waals surface area contributed by atoms with Crippen LogP contribution >= 0.6 is 0 Å². The first-order chi connectivity index (χ1) is 12.7. The molecule has 3 amide bonds. The number of urea groups is 1. The molecule has 4 atom stereocenters. The third-order valence-corrected chi connectivity index (χ3v) is 5.05. The van der Waals surface area contributed by atoms with E-state index in [-0.39, 0.29) is 13.0 Å². The van der Waals surface area contributed by atoms with E-state index in [0.29, 0.717) is 24.4 Å².